The number of aromatic nitrogens is 3. The summed E-state index contributed by atoms with van der Waals surface area (Å²) in [5.41, 5.74) is 5.48. The van der Waals surface area contributed by atoms with E-state index in [1.807, 2.05) is 19.9 Å². The smallest absolute Gasteiger partial charge is 0.146 e. The van der Waals surface area contributed by atoms with Crippen LogP contribution >= 0.6 is 0 Å². The number of hydrogen-bond acceptors (Lipinski definition) is 5. The molecule has 1 atom stereocenters. The minimum atomic E-state index is -0.466. The van der Waals surface area contributed by atoms with Crippen LogP contribution in [0.2, 0.25) is 0 Å². The summed E-state index contributed by atoms with van der Waals surface area (Å²) in [6, 6.07) is 3.01. The van der Waals surface area contributed by atoms with Crippen molar-refractivity contribution in [1.82, 2.24) is 20.6 Å². The third-order valence-electron chi connectivity index (χ3n) is 2.95. The van der Waals surface area contributed by atoms with Crippen LogP contribution in [-0.4, -0.2) is 15.2 Å². The third kappa shape index (κ3) is 2.74. The molecule has 2 aromatic heterocycles. The zero-order chi connectivity index (χ0) is 13.8. The molecule has 0 aliphatic carbocycles. The highest BCUT2D eigenvalue weighted by Gasteiger charge is 2.20. The Hall–Kier alpha value is -1.92. The van der Waals surface area contributed by atoms with E-state index in [4.69, 9.17) is 5.84 Å². The molecule has 100 valence electrons. The fourth-order valence-electron chi connectivity index (χ4n) is 2.03. The van der Waals surface area contributed by atoms with Crippen LogP contribution in [0.4, 0.5) is 4.39 Å². The van der Waals surface area contributed by atoms with Crippen LogP contribution in [0.25, 0.3) is 0 Å². The number of nitrogens with zero attached hydrogens (tertiary/aromatic N) is 3. The SMILES string of the molecule is CCc1nnc(C)cc1C(NN)c1ccncc1F. The molecule has 0 radical (unpaired) electrons. The topological polar surface area (TPSA) is 76.7 Å². The van der Waals surface area contributed by atoms with E-state index in [0.29, 0.717) is 12.0 Å². The van der Waals surface area contributed by atoms with Gasteiger partial charge >= 0.3 is 0 Å². The van der Waals surface area contributed by atoms with Gasteiger partial charge in [0, 0.05) is 17.3 Å². The highest BCUT2D eigenvalue weighted by Crippen LogP contribution is 2.25. The van der Waals surface area contributed by atoms with Gasteiger partial charge < -0.3 is 0 Å². The standard InChI is InChI=1S/C13H16FN5/c1-3-12-10(6-8(2)18-19-12)13(17-15)9-4-5-16-7-11(9)14/h4-7,13,17H,3,15H2,1-2H3. The number of nitrogens with one attached hydrogen (secondary N) is 1. The highest BCUT2D eigenvalue weighted by molar-refractivity contribution is 5.34. The molecule has 0 bridgehead atoms. The van der Waals surface area contributed by atoms with E-state index >= 15 is 0 Å². The maximum absolute atomic E-state index is 13.9. The lowest BCUT2D eigenvalue weighted by molar-refractivity contribution is 0.550. The van der Waals surface area contributed by atoms with Crippen LogP contribution in [0.15, 0.2) is 24.5 Å². The molecule has 2 rings (SSSR count). The molecule has 0 aromatic carbocycles. The maximum Gasteiger partial charge on any atom is 0.146 e. The van der Waals surface area contributed by atoms with Gasteiger partial charge in [-0.15, -0.1) is 0 Å². The summed E-state index contributed by atoms with van der Waals surface area (Å²) in [7, 11) is 0. The lowest BCUT2D eigenvalue weighted by Crippen LogP contribution is -2.30. The van der Waals surface area contributed by atoms with Crippen LogP contribution < -0.4 is 11.3 Å². The highest BCUT2D eigenvalue weighted by atomic mass is 19.1. The van der Waals surface area contributed by atoms with Gasteiger partial charge in [0.2, 0.25) is 0 Å². The van der Waals surface area contributed by atoms with Crippen LogP contribution in [-0.2, 0) is 6.42 Å². The molecular weight excluding hydrogens is 245 g/mol. The van der Waals surface area contributed by atoms with E-state index in [1.54, 1.807) is 6.07 Å². The van der Waals surface area contributed by atoms with E-state index < -0.39 is 11.9 Å². The monoisotopic (exact) mass is 261 g/mol. The Morgan fingerprint density at radius 1 is 1.37 bits per heavy atom. The normalized spacial score (nSPS) is 12.4. The first kappa shape index (κ1) is 13.5. The largest absolute Gasteiger partial charge is 0.271 e. The average Bonchev–Trinajstić information content (AvgIpc) is 2.42. The number of hydrogen-bond donors (Lipinski definition) is 2. The van der Waals surface area contributed by atoms with Gasteiger partial charge in [0.05, 0.1) is 23.6 Å². The molecule has 0 spiro atoms. The Kier molecular flexibility index (Phi) is 4.13. The number of hydrazine groups is 1. The number of aryl methyl sites for hydroxylation is 2. The molecule has 0 aliphatic heterocycles. The second-order valence-corrected chi connectivity index (χ2v) is 4.24. The van der Waals surface area contributed by atoms with Crippen LogP contribution in [0.1, 0.15) is 35.5 Å². The molecule has 0 saturated heterocycles. The third-order valence-corrected chi connectivity index (χ3v) is 2.95. The summed E-state index contributed by atoms with van der Waals surface area (Å²) in [6.07, 6.45) is 3.41. The number of rotatable bonds is 4. The molecule has 2 aromatic rings. The summed E-state index contributed by atoms with van der Waals surface area (Å²) in [4.78, 5) is 3.74. The first-order valence-electron chi connectivity index (χ1n) is 6.06. The summed E-state index contributed by atoms with van der Waals surface area (Å²) in [5, 5.41) is 8.16. The molecule has 0 saturated carbocycles. The van der Waals surface area contributed by atoms with Gasteiger partial charge in [-0.25, -0.2) is 9.82 Å². The Bertz CT molecular complexity index is 573. The van der Waals surface area contributed by atoms with E-state index in [9.17, 15) is 4.39 Å². The predicted molar refractivity (Wildman–Crippen MR) is 69.5 cm³/mol. The van der Waals surface area contributed by atoms with Gasteiger partial charge in [-0.2, -0.15) is 10.2 Å². The molecule has 5 nitrogen and oxygen atoms in total. The minimum absolute atomic E-state index is 0.401. The number of nitrogens with two attached hydrogens (primary N) is 1. The molecule has 0 amide bonds. The second-order valence-electron chi connectivity index (χ2n) is 4.24. The molecule has 1 unspecified atom stereocenters. The molecule has 0 fully saturated rings. The minimum Gasteiger partial charge on any atom is -0.271 e. The predicted octanol–water partition coefficient (Wildman–Crippen LogP) is 1.43. The zero-order valence-electron chi connectivity index (χ0n) is 10.9. The van der Waals surface area contributed by atoms with Crippen molar-refractivity contribution < 1.29 is 4.39 Å². The molecular formula is C13H16FN5. The molecule has 2 heterocycles. The van der Waals surface area contributed by atoms with Crippen molar-refractivity contribution in [3.63, 3.8) is 0 Å². The molecule has 3 N–H and O–H groups in total. The summed E-state index contributed by atoms with van der Waals surface area (Å²) in [5.74, 6) is 5.19. The second kappa shape index (κ2) is 5.81. The zero-order valence-corrected chi connectivity index (χ0v) is 10.9. The number of halogens is 1. The van der Waals surface area contributed by atoms with E-state index in [0.717, 1.165) is 17.0 Å². The molecule has 19 heavy (non-hydrogen) atoms. The summed E-state index contributed by atoms with van der Waals surface area (Å²) >= 11 is 0. The quantitative estimate of drug-likeness (QED) is 0.643. The lowest BCUT2D eigenvalue weighted by Gasteiger charge is -2.19. The Balaban J connectivity index is 2.54. The summed E-state index contributed by atoms with van der Waals surface area (Å²) < 4.78 is 13.9. The van der Waals surface area contributed by atoms with Crippen molar-refractivity contribution in [3.05, 3.63) is 52.9 Å². The van der Waals surface area contributed by atoms with E-state index in [1.165, 1.54) is 12.4 Å². The fraction of sp³-hybridized carbons (Fsp3) is 0.308. The Morgan fingerprint density at radius 3 is 2.79 bits per heavy atom. The van der Waals surface area contributed by atoms with E-state index in [-0.39, 0.29) is 0 Å². The van der Waals surface area contributed by atoms with Gasteiger partial charge in [-0.1, -0.05) is 6.92 Å². The average molecular weight is 261 g/mol. The van der Waals surface area contributed by atoms with Gasteiger partial charge in [0.25, 0.3) is 0 Å². The van der Waals surface area contributed by atoms with Crippen molar-refractivity contribution in [2.24, 2.45) is 5.84 Å². The van der Waals surface area contributed by atoms with Gasteiger partial charge in [-0.3, -0.25) is 10.8 Å². The van der Waals surface area contributed by atoms with Crippen LogP contribution in [0.5, 0.6) is 0 Å². The van der Waals surface area contributed by atoms with Gasteiger partial charge in [0.15, 0.2) is 0 Å². The van der Waals surface area contributed by atoms with Crippen molar-refractivity contribution in [2.45, 2.75) is 26.3 Å². The van der Waals surface area contributed by atoms with Crippen LogP contribution in [0, 0.1) is 12.7 Å². The summed E-state index contributed by atoms with van der Waals surface area (Å²) in [6.45, 7) is 3.81. The lowest BCUT2D eigenvalue weighted by atomic mass is 9.97. The van der Waals surface area contributed by atoms with Crippen molar-refractivity contribution in [3.8, 4) is 0 Å². The van der Waals surface area contributed by atoms with Crippen molar-refractivity contribution >= 4 is 0 Å². The van der Waals surface area contributed by atoms with Crippen molar-refractivity contribution in [2.75, 3.05) is 0 Å². The first-order chi connectivity index (χ1) is 9.17. The van der Waals surface area contributed by atoms with Crippen molar-refractivity contribution in [1.29, 1.82) is 0 Å². The maximum atomic E-state index is 13.9. The van der Waals surface area contributed by atoms with Gasteiger partial charge in [0.1, 0.15) is 5.82 Å². The van der Waals surface area contributed by atoms with Crippen LogP contribution in [0.3, 0.4) is 0 Å². The number of pyridine rings is 1. The van der Waals surface area contributed by atoms with E-state index in [2.05, 4.69) is 20.6 Å². The molecule has 0 aliphatic rings. The Morgan fingerprint density at radius 2 is 2.16 bits per heavy atom. The Labute approximate surface area is 111 Å². The first-order valence-corrected chi connectivity index (χ1v) is 6.06. The molecule has 6 heteroatoms. The van der Waals surface area contributed by atoms with Gasteiger partial charge in [-0.05, 0) is 25.5 Å². The fourth-order valence-corrected chi connectivity index (χ4v) is 2.03.